The number of aliphatic hydroxyl groups is 1. The van der Waals surface area contributed by atoms with E-state index in [0.29, 0.717) is 0 Å². The van der Waals surface area contributed by atoms with Gasteiger partial charge in [0.1, 0.15) is 0 Å². The largest absolute Gasteiger partial charge is 0.467 e. The minimum atomic E-state index is -3.18. The molecule has 0 saturated heterocycles. The van der Waals surface area contributed by atoms with Crippen LogP contribution in [0.3, 0.4) is 0 Å². The Hall–Kier alpha value is -1.24. The Morgan fingerprint density at radius 2 is 2.14 bits per heavy atom. The molecule has 14 heavy (non-hydrogen) atoms. The lowest BCUT2D eigenvalue weighted by Gasteiger charge is -2.29. The van der Waals surface area contributed by atoms with Crippen LogP contribution in [0.15, 0.2) is 0 Å². The Morgan fingerprint density at radius 1 is 1.64 bits per heavy atom. The van der Waals surface area contributed by atoms with Gasteiger partial charge in [0.2, 0.25) is 6.41 Å². The fourth-order valence-electron chi connectivity index (χ4n) is 0.787. The smallest absolute Gasteiger partial charge is 0.331 e. The molecule has 0 spiro atoms. The Morgan fingerprint density at radius 3 is 2.43 bits per heavy atom. The molecule has 5 nitrogen and oxygen atoms in total. The summed E-state index contributed by atoms with van der Waals surface area (Å²) in [4.78, 5) is 20.9. The average Bonchev–Trinajstić information content (AvgIpc) is 2.12. The number of carbonyl (C=O) groups is 2. The van der Waals surface area contributed by atoms with Gasteiger partial charge in [0.25, 0.3) is 6.43 Å². The zero-order valence-corrected chi connectivity index (χ0v) is 7.66. The van der Waals surface area contributed by atoms with Crippen molar-refractivity contribution >= 4 is 12.4 Å². The van der Waals surface area contributed by atoms with E-state index in [1.54, 1.807) is 5.32 Å². The zero-order chi connectivity index (χ0) is 11.4. The van der Waals surface area contributed by atoms with E-state index in [1.807, 2.05) is 0 Å². The maximum atomic E-state index is 12.3. The number of nitrogens with one attached hydrogen (secondary N) is 1. The van der Waals surface area contributed by atoms with Gasteiger partial charge in [-0.15, -0.1) is 0 Å². The zero-order valence-electron chi connectivity index (χ0n) is 7.66. The number of hydrogen-bond donors (Lipinski definition) is 2. The summed E-state index contributed by atoms with van der Waals surface area (Å²) >= 11 is 0. The normalized spacial score (nSPS) is 17.0. The van der Waals surface area contributed by atoms with E-state index in [9.17, 15) is 23.5 Å². The molecule has 0 heterocycles. The minimum Gasteiger partial charge on any atom is -0.467 e. The number of amides is 1. The van der Waals surface area contributed by atoms with Gasteiger partial charge < -0.3 is 15.2 Å². The molecule has 2 atom stereocenters. The van der Waals surface area contributed by atoms with Crippen LogP contribution in [0.4, 0.5) is 8.78 Å². The van der Waals surface area contributed by atoms with E-state index in [1.165, 1.54) is 0 Å². The second-order valence-electron chi connectivity index (χ2n) is 2.77. The van der Waals surface area contributed by atoms with Crippen LogP contribution in [0.1, 0.15) is 6.92 Å². The highest BCUT2D eigenvalue weighted by atomic mass is 19.3. The molecule has 0 unspecified atom stereocenters. The van der Waals surface area contributed by atoms with Gasteiger partial charge in [-0.1, -0.05) is 0 Å². The molecule has 0 rings (SSSR count). The Kier molecular flexibility index (Phi) is 4.42. The maximum absolute atomic E-state index is 12.3. The number of ether oxygens (including phenoxy) is 1. The van der Waals surface area contributed by atoms with Gasteiger partial charge in [-0.3, -0.25) is 4.79 Å². The van der Waals surface area contributed by atoms with Crippen molar-refractivity contribution in [3.8, 4) is 0 Å². The maximum Gasteiger partial charge on any atom is 0.331 e. The number of carbonyl (C=O) groups excluding carboxylic acids is 2. The van der Waals surface area contributed by atoms with Crippen molar-refractivity contribution in [2.45, 2.75) is 25.0 Å². The van der Waals surface area contributed by atoms with Crippen LogP contribution in [0.5, 0.6) is 0 Å². The molecular weight excluding hydrogens is 200 g/mol. The fraction of sp³-hybridized carbons (Fsp3) is 0.714. The van der Waals surface area contributed by atoms with Crippen molar-refractivity contribution in [2.24, 2.45) is 0 Å². The van der Waals surface area contributed by atoms with E-state index in [-0.39, 0.29) is 6.41 Å². The quantitative estimate of drug-likeness (QED) is 0.465. The summed E-state index contributed by atoms with van der Waals surface area (Å²) in [5, 5.41) is 11.0. The molecule has 0 fully saturated rings. The van der Waals surface area contributed by atoms with Gasteiger partial charge in [0.05, 0.1) is 7.11 Å². The molecule has 0 bridgehead atoms. The number of hydrogen-bond acceptors (Lipinski definition) is 4. The molecule has 0 aromatic rings. The van der Waals surface area contributed by atoms with Crippen LogP contribution < -0.4 is 5.32 Å². The number of rotatable bonds is 5. The van der Waals surface area contributed by atoms with Crippen LogP contribution in [-0.2, 0) is 14.3 Å². The van der Waals surface area contributed by atoms with Crippen molar-refractivity contribution in [3.63, 3.8) is 0 Å². The Bertz CT molecular complexity index is 220. The van der Waals surface area contributed by atoms with E-state index < -0.39 is 24.0 Å². The van der Waals surface area contributed by atoms with Gasteiger partial charge in [0, 0.05) is 0 Å². The summed E-state index contributed by atoms with van der Waals surface area (Å²) in [6, 6.07) is -1.79. The van der Waals surface area contributed by atoms with Crippen LogP contribution in [0.2, 0.25) is 0 Å². The highest BCUT2D eigenvalue weighted by Crippen LogP contribution is 2.20. The Labute approximate surface area is 79.0 Å². The van der Waals surface area contributed by atoms with Gasteiger partial charge in [0.15, 0.2) is 11.6 Å². The predicted octanol–water partition coefficient (Wildman–Crippen LogP) is -0.710. The van der Waals surface area contributed by atoms with Gasteiger partial charge >= 0.3 is 5.97 Å². The molecular formula is C7H11F2NO4. The summed E-state index contributed by atoms with van der Waals surface area (Å²) in [5.74, 6) is -1.14. The van der Waals surface area contributed by atoms with Crippen LogP contribution in [-0.4, -0.2) is 42.7 Å². The monoisotopic (exact) mass is 211 g/mol. The third kappa shape index (κ3) is 2.63. The molecule has 0 radical (unpaired) electrons. The summed E-state index contributed by atoms with van der Waals surface area (Å²) in [5.41, 5.74) is -2.66. The predicted molar refractivity (Wildman–Crippen MR) is 41.6 cm³/mol. The molecule has 1 amide bonds. The van der Waals surface area contributed by atoms with Crippen LogP contribution in [0, 0.1) is 0 Å². The molecule has 0 aliphatic rings. The summed E-state index contributed by atoms with van der Waals surface area (Å²) in [6.45, 7) is 0.732. The Balaban J connectivity index is 4.80. The van der Waals surface area contributed by atoms with Crippen molar-refractivity contribution in [2.75, 3.05) is 7.11 Å². The minimum absolute atomic E-state index is 0.0401. The SMILES string of the molecule is COC(=O)[C@@H](NC=O)[C@](C)(O)C(F)F. The highest BCUT2D eigenvalue weighted by molar-refractivity contribution is 5.79. The third-order valence-electron chi connectivity index (χ3n) is 1.70. The molecule has 0 saturated carbocycles. The second kappa shape index (κ2) is 4.85. The van der Waals surface area contributed by atoms with Crippen molar-refractivity contribution < 1.29 is 28.2 Å². The van der Waals surface area contributed by atoms with Gasteiger partial charge in [-0.05, 0) is 6.92 Å². The molecule has 7 heteroatoms. The lowest BCUT2D eigenvalue weighted by Crippen LogP contribution is -2.57. The first-order valence-corrected chi connectivity index (χ1v) is 3.66. The summed E-state index contributed by atoms with van der Waals surface area (Å²) in [6.07, 6.45) is -3.14. The lowest BCUT2D eigenvalue weighted by atomic mass is 9.97. The number of alkyl halides is 2. The van der Waals surface area contributed by atoms with Crippen LogP contribution in [0.25, 0.3) is 0 Å². The summed E-state index contributed by atoms with van der Waals surface area (Å²) < 4.78 is 28.7. The number of halogens is 2. The first-order valence-electron chi connectivity index (χ1n) is 3.66. The average molecular weight is 211 g/mol. The number of methoxy groups -OCH3 is 1. The second-order valence-corrected chi connectivity index (χ2v) is 2.77. The topological polar surface area (TPSA) is 75.6 Å². The molecule has 0 aliphatic heterocycles. The third-order valence-corrected chi connectivity index (χ3v) is 1.70. The van der Waals surface area contributed by atoms with Crippen molar-refractivity contribution in [3.05, 3.63) is 0 Å². The van der Waals surface area contributed by atoms with Crippen molar-refractivity contribution in [1.29, 1.82) is 0 Å². The fourth-order valence-corrected chi connectivity index (χ4v) is 0.787. The number of esters is 1. The van der Waals surface area contributed by atoms with E-state index in [4.69, 9.17) is 0 Å². The van der Waals surface area contributed by atoms with Crippen LogP contribution >= 0.6 is 0 Å². The van der Waals surface area contributed by atoms with Crippen molar-refractivity contribution in [1.82, 2.24) is 5.32 Å². The molecule has 0 aliphatic carbocycles. The van der Waals surface area contributed by atoms with E-state index in [2.05, 4.69) is 4.74 Å². The molecule has 0 aromatic carbocycles. The molecule has 82 valence electrons. The first kappa shape index (κ1) is 12.8. The van der Waals surface area contributed by atoms with Gasteiger partial charge in [-0.25, -0.2) is 13.6 Å². The summed E-state index contributed by atoms with van der Waals surface area (Å²) in [7, 11) is 0.962. The first-order chi connectivity index (χ1) is 6.37. The van der Waals surface area contributed by atoms with E-state index >= 15 is 0 Å². The molecule has 2 N–H and O–H groups in total. The highest BCUT2D eigenvalue weighted by Gasteiger charge is 2.45. The standard InChI is InChI=1S/C7H11F2NO4/c1-7(13,6(8)9)4(10-3-11)5(12)14-2/h3-4,6,13H,1-2H3,(H,10,11)/t4-,7+/m1/s1. The molecule has 0 aromatic heterocycles. The van der Waals surface area contributed by atoms with Gasteiger partial charge in [-0.2, -0.15) is 0 Å². The lowest BCUT2D eigenvalue weighted by molar-refractivity contribution is -0.162. The van der Waals surface area contributed by atoms with E-state index in [0.717, 1.165) is 14.0 Å².